The van der Waals surface area contributed by atoms with Crippen LogP contribution in [0.1, 0.15) is 23.1 Å². The van der Waals surface area contributed by atoms with Crippen LogP contribution in [0, 0.1) is 12.8 Å². The van der Waals surface area contributed by atoms with E-state index in [1.54, 1.807) is 11.9 Å². The van der Waals surface area contributed by atoms with Crippen LogP contribution in [0.15, 0.2) is 48.5 Å². The molecule has 0 N–H and O–H groups in total. The van der Waals surface area contributed by atoms with E-state index in [-0.39, 0.29) is 30.5 Å². The van der Waals surface area contributed by atoms with Crippen molar-refractivity contribution in [2.24, 2.45) is 5.92 Å². The molecule has 0 aliphatic carbocycles. The SMILES string of the molecule is Cc1ccc(CN2C[C@@H](C(=O)N(C)Cc3ccc(OC(F)(F)F)cc3)CC2=O)cc1. The fourth-order valence-electron chi connectivity index (χ4n) is 3.46. The molecule has 1 aliphatic heterocycles. The van der Waals surface area contributed by atoms with Crippen molar-refractivity contribution in [3.05, 3.63) is 65.2 Å². The van der Waals surface area contributed by atoms with Crippen molar-refractivity contribution >= 4 is 11.8 Å². The van der Waals surface area contributed by atoms with Crippen molar-refractivity contribution in [3.8, 4) is 5.75 Å². The van der Waals surface area contributed by atoms with Gasteiger partial charge in [-0.25, -0.2) is 0 Å². The van der Waals surface area contributed by atoms with Gasteiger partial charge in [-0.3, -0.25) is 9.59 Å². The number of aryl methyl sites for hydroxylation is 1. The molecule has 0 unspecified atom stereocenters. The molecule has 1 fully saturated rings. The number of hydrogen-bond acceptors (Lipinski definition) is 3. The molecule has 0 bridgehead atoms. The summed E-state index contributed by atoms with van der Waals surface area (Å²) < 4.78 is 40.6. The monoisotopic (exact) mass is 420 g/mol. The van der Waals surface area contributed by atoms with Crippen LogP contribution in [0.3, 0.4) is 0 Å². The molecular weight excluding hydrogens is 397 g/mol. The van der Waals surface area contributed by atoms with Gasteiger partial charge in [-0.05, 0) is 30.2 Å². The van der Waals surface area contributed by atoms with E-state index in [0.717, 1.165) is 11.1 Å². The third-order valence-corrected chi connectivity index (χ3v) is 5.01. The topological polar surface area (TPSA) is 49.9 Å². The molecule has 1 saturated heterocycles. The van der Waals surface area contributed by atoms with Gasteiger partial charge in [0.05, 0.1) is 5.92 Å². The van der Waals surface area contributed by atoms with Gasteiger partial charge in [0.15, 0.2) is 0 Å². The molecule has 5 nitrogen and oxygen atoms in total. The highest BCUT2D eigenvalue weighted by Gasteiger charge is 2.35. The molecule has 1 aliphatic rings. The summed E-state index contributed by atoms with van der Waals surface area (Å²) in [6, 6.07) is 13.3. The van der Waals surface area contributed by atoms with Crippen molar-refractivity contribution in [3.63, 3.8) is 0 Å². The van der Waals surface area contributed by atoms with Crippen molar-refractivity contribution in [2.75, 3.05) is 13.6 Å². The minimum absolute atomic E-state index is 0.0593. The zero-order valence-electron chi connectivity index (χ0n) is 16.8. The molecular formula is C22H23F3N2O3. The maximum Gasteiger partial charge on any atom is 0.573 e. The Morgan fingerprint density at radius 2 is 1.70 bits per heavy atom. The summed E-state index contributed by atoms with van der Waals surface area (Å²) in [4.78, 5) is 28.3. The molecule has 160 valence electrons. The second-order valence-corrected chi connectivity index (χ2v) is 7.55. The molecule has 2 aromatic carbocycles. The number of amides is 2. The standard InChI is InChI=1S/C22H23F3N2O3/c1-15-3-5-17(6-4-15)13-27-14-18(11-20(27)28)21(29)26(2)12-16-7-9-19(10-8-16)30-22(23,24)25/h3-10,18H,11-14H2,1-2H3/t18-/m0/s1. The lowest BCUT2D eigenvalue weighted by Crippen LogP contribution is -2.34. The Hall–Kier alpha value is -3.03. The smallest absolute Gasteiger partial charge is 0.406 e. The molecule has 2 amide bonds. The maximum atomic E-state index is 12.8. The number of halogens is 3. The predicted octanol–water partition coefficient (Wildman–Crippen LogP) is 3.90. The normalized spacial score (nSPS) is 16.6. The summed E-state index contributed by atoms with van der Waals surface area (Å²) in [6.07, 6.45) is -4.58. The van der Waals surface area contributed by atoms with Crippen LogP contribution in [0.4, 0.5) is 13.2 Å². The van der Waals surface area contributed by atoms with Crippen LogP contribution >= 0.6 is 0 Å². The average molecular weight is 420 g/mol. The van der Waals surface area contributed by atoms with E-state index in [9.17, 15) is 22.8 Å². The predicted molar refractivity (Wildman–Crippen MR) is 104 cm³/mol. The molecule has 2 aromatic rings. The van der Waals surface area contributed by atoms with E-state index in [2.05, 4.69) is 4.74 Å². The highest BCUT2D eigenvalue weighted by atomic mass is 19.4. The van der Waals surface area contributed by atoms with Gasteiger partial charge in [-0.2, -0.15) is 0 Å². The fraction of sp³-hybridized carbons (Fsp3) is 0.364. The summed E-state index contributed by atoms with van der Waals surface area (Å²) in [5.41, 5.74) is 2.82. The van der Waals surface area contributed by atoms with E-state index in [4.69, 9.17) is 0 Å². The summed E-state index contributed by atoms with van der Waals surface area (Å²) >= 11 is 0. The second-order valence-electron chi connectivity index (χ2n) is 7.55. The maximum absolute atomic E-state index is 12.8. The molecule has 0 aromatic heterocycles. The Morgan fingerprint density at radius 3 is 2.30 bits per heavy atom. The molecule has 0 spiro atoms. The average Bonchev–Trinajstić information content (AvgIpc) is 3.04. The van der Waals surface area contributed by atoms with Crippen molar-refractivity contribution < 1.29 is 27.5 Å². The largest absolute Gasteiger partial charge is 0.573 e. The molecule has 0 saturated carbocycles. The lowest BCUT2D eigenvalue weighted by molar-refractivity contribution is -0.274. The molecule has 8 heteroatoms. The van der Waals surface area contributed by atoms with Gasteiger partial charge in [0.25, 0.3) is 0 Å². The van der Waals surface area contributed by atoms with Gasteiger partial charge in [0, 0.05) is 33.1 Å². The van der Waals surface area contributed by atoms with Crippen LogP contribution in [0.5, 0.6) is 5.75 Å². The Labute approximate surface area is 173 Å². The summed E-state index contributed by atoms with van der Waals surface area (Å²) in [7, 11) is 1.62. The van der Waals surface area contributed by atoms with Crippen LogP contribution in [-0.2, 0) is 22.7 Å². The highest BCUT2D eigenvalue weighted by Crippen LogP contribution is 2.25. The quantitative estimate of drug-likeness (QED) is 0.712. The third kappa shape index (κ3) is 5.75. The number of rotatable bonds is 6. The van der Waals surface area contributed by atoms with Gasteiger partial charge in [0.1, 0.15) is 5.75 Å². The first-order valence-corrected chi connectivity index (χ1v) is 9.54. The Balaban J connectivity index is 1.55. The molecule has 3 rings (SSSR count). The molecule has 0 radical (unpaired) electrons. The summed E-state index contributed by atoms with van der Waals surface area (Å²) in [5.74, 6) is -0.962. The Kier molecular flexibility index (Phi) is 6.34. The van der Waals surface area contributed by atoms with E-state index in [1.165, 1.54) is 29.2 Å². The van der Waals surface area contributed by atoms with Crippen LogP contribution in [-0.4, -0.2) is 41.6 Å². The number of ether oxygens (including phenoxy) is 1. The van der Waals surface area contributed by atoms with Gasteiger partial charge in [0.2, 0.25) is 11.8 Å². The Morgan fingerprint density at radius 1 is 1.10 bits per heavy atom. The molecule has 30 heavy (non-hydrogen) atoms. The number of carbonyl (C=O) groups excluding carboxylic acids is 2. The highest BCUT2D eigenvalue weighted by molar-refractivity contribution is 5.89. The zero-order chi connectivity index (χ0) is 21.9. The minimum atomic E-state index is -4.74. The van der Waals surface area contributed by atoms with Crippen LogP contribution in [0.2, 0.25) is 0 Å². The number of carbonyl (C=O) groups is 2. The summed E-state index contributed by atoms with van der Waals surface area (Å²) in [6.45, 7) is 3.04. The number of benzene rings is 2. The van der Waals surface area contributed by atoms with E-state index < -0.39 is 12.3 Å². The minimum Gasteiger partial charge on any atom is -0.406 e. The third-order valence-electron chi connectivity index (χ3n) is 5.01. The van der Waals surface area contributed by atoms with Gasteiger partial charge >= 0.3 is 6.36 Å². The number of alkyl halides is 3. The van der Waals surface area contributed by atoms with E-state index in [0.29, 0.717) is 18.7 Å². The lowest BCUT2D eigenvalue weighted by atomic mass is 10.1. The van der Waals surface area contributed by atoms with Crippen molar-refractivity contribution in [2.45, 2.75) is 32.8 Å². The second kappa shape index (κ2) is 8.77. The molecule has 1 atom stereocenters. The number of nitrogens with zero attached hydrogens (tertiary/aromatic N) is 2. The van der Waals surface area contributed by atoms with Gasteiger partial charge < -0.3 is 14.5 Å². The van der Waals surface area contributed by atoms with Gasteiger partial charge in [-0.15, -0.1) is 13.2 Å². The zero-order valence-corrected chi connectivity index (χ0v) is 16.8. The van der Waals surface area contributed by atoms with Crippen LogP contribution < -0.4 is 4.74 Å². The van der Waals surface area contributed by atoms with E-state index in [1.807, 2.05) is 31.2 Å². The Bertz CT molecular complexity index is 895. The van der Waals surface area contributed by atoms with Gasteiger partial charge in [-0.1, -0.05) is 42.0 Å². The first kappa shape index (κ1) is 21.7. The van der Waals surface area contributed by atoms with Crippen molar-refractivity contribution in [1.82, 2.24) is 9.80 Å². The van der Waals surface area contributed by atoms with Crippen molar-refractivity contribution in [1.29, 1.82) is 0 Å². The number of likely N-dealkylation sites (tertiary alicyclic amines) is 1. The lowest BCUT2D eigenvalue weighted by Gasteiger charge is -2.22. The first-order chi connectivity index (χ1) is 14.1. The van der Waals surface area contributed by atoms with Crippen LogP contribution in [0.25, 0.3) is 0 Å². The summed E-state index contributed by atoms with van der Waals surface area (Å²) in [5, 5.41) is 0. The van der Waals surface area contributed by atoms with E-state index >= 15 is 0 Å². The number of hydrogen-bond donors (Lipinski definition) is 0. The fourth-order valence-corrected chi connectivity index (χ4v) is 3.46. The molecule has 1 heterocycles. The first-order valence-electron chi connectivity index (χ1n) is 9.54.